The summed E-state index contributed by atoms with van der Waals surface area (Å²) < 4.78 is 0. The van der Waals surface area contributed by atoms with Gasteiger partial charge in [0.25, 0.3) is 0 Å². The van der Waals surface area contributed by atoms with Crippen LogP contribution in [-0.2, 0) is 0 Å². The van der Waals surface area contributed by atoms with Gasteiger partial charge in [0.15, 0.2) is 0 Å². The number of anilines is 1. The number of nitrogen functional groups attached to an aromatic ring is 1. The zero-order valence-electron chi connectivity index (χ0n) is 9.05. The summed E-state index contributed by atoms with van der Waals surface area (Å²) in [4.78, 5) is 1.33. The number of hydrogen-bond acceptors (Lipinski definition) is 2. The lowest BCUT2D eigenvalue weighted by Gasteiger charge is -2.07. The van der Waals surface area contributed by atoms with Gasteiger partial charge < -0.3 is 5.73 Å². The van der Waals surface area contributed by atoms with Gasteiger partial charge in [-0.2, -0.15) is 0 Å². The Bertz CT molecular complexity index is 284. The van der Waals surface area contributed by atoms with Crippen LogP contribution in [0.3, 0.4) is 0 Å². The molecule has 0 unspecified atom stereocenters. The predicted molar refractivity (Wildman–Crippen MR) is 65.8 cm³/mol. The van der Waals surface area contributed by atoms with Gasteiger partial charge in [0.2, 0.25) is 0 Å². The molecule has 0 aromatic heterocycles. The molecular formula is C12H19NS. The highest BCUT2D eigenvalue weighted by atomic mass is 32.2. The fourth-order valence-electron chi connectivity index (χ4n) is 1.32. The maximum atomic E-state index is 5.84. The van der Waals surface area contributed by atoms with E-state index in [-0.39, 0.29) is 0 Å². The second-order valence-electron chi connectivity index (χ2n) is 3.53. The highest BCUT2D eigenvalue weighted by molar-refractivity contribution is 7.99. The number of thioether (sulfide) groups is 1. The predicted octanol–water partition coefficient (Wildman–Crippen LogP) is 3.86. The first-order valence-electron chi connectivity index (χ1n) is 5.23. The van der Waals surface area contributed by atoms with Crippen LogP contribution in [0.4, 0.5) is 5.69 Å². The molecule has 0 bridgehead atoms. The zero-order valence-corrected chi connectivity index (χ0v) is 9.86. The van der Waals surface area contributed by atoms with Crippen molar-refractivity contribution in [2.75, 3.05) is 11.5 Å². The summed E-state index contributed by atoms with van der Waals surface area (Å²) in [6, 6.07) is 6.15. The smallest absolute Gasteiger partial charge is 0.0354 e. The maximum Gasteiger partial charge on any atom is 0.0354 e. The van der Waals surface area contributed by atoms with Crippen LogP contribution in [-0.4, -0.2) is 5.75 Å². The molecule has 1 aromatic carbocycles. The van der Waals surface area contributed by atoms with Crippen LogP contribution in [0.2, 0.25) is 0 Å². The Hall–Kier alpha value is -0.630. The van der Waals surface area contributed by atoms with Gasteiger partial charge in [-0.15, -0.1) is 11.8 Å². The minimum atomic E-state index is 0.908. The van der Waals surface area contributed by atoms with E-state index >= 15 is 0 Å². The standard InChI is InChI=1S/C12H19NS/c1-3-4-5-9-14-12-8-6-7-11(13)10(12)2/h6-8H,3-5,9,13H2,1-2H3. The topological polar surface area (TPSA) is 26.0 Å². The number of unbranched alkanes of at least 4 members (excludes halogenated alkanes) is 2. The molecule has 0 saturated heterocycles. The molecule has 2 heteroatoms. The minimum absolute atomic E-state index is 0.908. The molecule has 78 valence electrons. The maximum absolute atomic E-state index is 5.84. The lowest BCUT2D eigenvalue weighted by molar-refractivity contribution is 0.778. The largest absolute Gasteiger partial charge is 0.398 e. The summed E-state index contributed by atoms with van der Waals surface area (Å²) in [6.07, 6.45) is 3.92. The highest BCUT2D eigenvalue weighted by Gasteiger charge is 2.00. The van der Waals surface area contributed by atoms with Gasteiger partial charge in [0, 0.05) is 10.6 Å². The summed E-state index contributed by atoms with van der Waals surface area (Å²) in [6.45, 7) is 4.33. The van der Waals surface area contributed by atoms with E-state index in [1.54, 1.807) is 0 Å². The van der Waals surface area contributed by atoms with E-state index in [1.165, 1.54) is 35.5 Å². The normalized spacial score (nSPS) is 10.4. The van der Waals surface area contributed by atoms with Crippen molar-refractivity contribution in [2.45, 2.75) is 38.0 Å². The van der Waals surface area contributed by atoms with E-state index in [1.807, 2.05) is 23.9 Å². The van der Waals surface area contributed by atoms with E-state index in [9.17, 15) is 0 Å². The van der Waals surface area contributed by atoms with Crippen molar-refractivity contribution in [3.63, 3.8) is 0 Å². The Balaban J connectivity index is 2.46. The number of nitrogens with two attached hydrogens (primary N) is 1. The molecule has 0 fully saturated rings. The van der Waals surface area contributed by atoms with Crippen LogP contribution in [0.25, 0.3) is 0 Å². The first-order valence-corrected chi connectivity index (χ1v) is 6.22. The molecule has 0 aliphatic rings. The van der Waals surface area contributed by atoms with Gasteiger partial charge >= 0.3 is 0 Å². The first-order chi connectivity index (χ1) is 6.75. The van der Waals surface area contributed by atoms with Gasteiger partial charge in [0.1, 0.15) is 0 Å². The van der Waals surface area contributed by atoms with Crippen LogP contribution in [0, 0.1) is 6.92 Å². The SMILES string of the molecule is CCCCCSc1cccc(N)c1C. The molecular weight excluding hydrogens is 190 g/mol. The van der Waals surface area contributed by atoms with Crippen LogP contribution in [0.15, 0.2) is 23.1 Å². The third kappa shape index (κ3) is 3.26. The summed E-state index contributed by atoms with van der Waals surface area (Å²) >= 11 is 1.92. The molecule has 1 aromatic rings. The van der Waals surface area contributed by atoms with Crippen LogP contribution >= 0.6 is 11.8 Å². The molecule has 0 aliphatic carbocycles. The molecule has 0 radical (unpaired) electrons. The molecule has 2 N–H and O–H groups in total. The van der Waals surface area contributed by atoms with Crippen molar-refractivity contribution in [3.05, 3.63) is 23.8 Å². The third-order valence-electron chi connectivity index (χ3n) is 2.33. The number of benzene rings is 1. The molecule has 0 atom stereocenters. The lowest BCUT2D eigenvalue weighted by atomic mass is 10.2. The summed E-state index contributed by atoms with van der Waals surface area (Å²) in [5, 5.41) is 0. The summed E-state index contributed by atoms with van der Waals surface area (Å²) in [7, 11) is 0. The van der Waals surface area contributed by atoms with Crippen molar-refractivity contribution in [3.8, 4) is 0 Å². The van der Waals surface area contributed by atoms with Gasteiger partial charge in [-0.25, -0.2) is 0 Å². The van der Waals surface area contributed by atoms with Crippen molar-refractivity contribution < 1.29 is 0 Å². The summed E-state index contributed by atoms with van der Waals surface area (Å²) in [5.41, 5.74) is 7.98. The average Bonchev–Trinajstić information content (AvgIpc) is 2.19. The van der Waals surface area contributed by atoms with Crippen LogP contribution in [0.5, 0.6) is 0 Å². The Kier molecular flexibility index (Phi) is 4.88. The van der Waals surface area contributed by atoms with E-state index in [2.05, 4.69) is 19.9 Å². The molecule has 1 nitrogen and oxygen atoms in total. The molecule has 0 aliphatic heterocycles. The van der Waals surface area contributed by atoms with Crippen LogP contribution < -0.4 is 5.73 Å². The average molecular weight is 209 g/mol. The van der Waals surface area contributed by atoms with Crippen molar-refractivity contribution in [1.82, 2.24) is 0 Å². The first kappa shape index (κ1) is 11.4. The second-order valence-corrected chi connectivity index (χ2v) is 4.66. The fourth-order valence-corrected chi connectivity index (χ4v) is 2.40. The zero-order chi connectivity index (χ0) is 10.4. The van der Waals surface area contributed by atoms with E-state index in [0.29, 0.717) is 0 Å². The molecule has 0 saturated carbocycles. The van der Waals surface area contributed by atoms with E-state index in [4.69, 9.17) is 5.73 Å². The Morgan fingerprint density at radius 1 is 1.29 bits per heavy atom. The van der Waals surface area contributed by atoms with Crippen molar-refractivity contribution >= 4 is 17.4 Å². The molecule has 0 spiro atoms. The third-order valence-corrected chi connectivity index (χ3v) is 3.58. The number of hydrogen-bond donors (Lipinski definition) is 1. The van der Waals surface area contributed by atoms with Gasteiger partial charge in [-0.1, -0.05) is 25.8 Å². The van der Waals surface area contributed by atoms with Crippen molar-refractivity contribution in [2.24, 2.45) is 0 Å². The van der Waals surface area contributed by atoms with Crippen molar-refractivity contribution in [1.29, 1.82) is 0 Å². The van der Waals surface area contributed by atoms with Gasteiger partial charge in [0.05, 0.1) is 0 Å². The molecule has 0 heterocycles. The Labute approximate surface area is 91.1 Å². The van der Waals surface area contributed by atoms with E-state index < -0.39 is 0 Å². The second kappa shape index (κ2) is 5.97. The van der Waals surface area contributed by atoms with E-state index in [0.717, 1.165) is 5.69 Å². The van der Waals surface area contributed by atoms with Crippen LogP contribution in [0.1, 0.15) is 31.7 Å². The molecule has 14 heavy (non-hydrogen) atoms. The molecule has 0 amide bonds. The fraction of sp³-hybridized carbons (Fsp3) is 0.500. The Morgan fingerprint density at radius 3 is 2.79 bits per heavy atom. The summed E-state index contributed by atoms with van der Waals surface area (Å²) in [5.74, 6) is 1.21. The lowest BCUT2D eigenvalue weighted by Crippen LogP contribution is -1.91. The highest BCUT2D eigenvalue weighted by Crippen LogP contribution is 2.26. The minimum Gasteiger partial charge on any atom is -0.398 e. The molecule has 1 rings (SSSR count). The number of rotatable bonds is 5. The van der Waals surface area contributed by atoms with Gasteiger partial charge in [-0.3, -0.25) is 0 Å². The van der Waals surface area contributed by atoms with Gasteiger partial charge in [-0.05, 0) is 36.8 Å². The Morgan fingerprint density at radius 2 is 2.07 bits per heavy atom. The quantitative estimate of drug-likeness (QED) is 0.453. The monoisotopic (exact) mass is 209 g/mol.